The molecule has 0 fully saturated rings. The van der Waals surface area contributed by atoms with Gasteiger partial charge in [-0.1, -0.05) is 12.1 Å². The second-order valence-corrected chi connectivity index (χ2v) is 3.23. The van der Waals surface area contributed by atoms with E-state index in [9.17, 15) is 8.60 Å². The molecule has 0 aliphatic rings. The summed E-state index contributed by atoms with van der Waals surface area (Å²) in [4.78, 5) is 0.266. The van der Waals surface area contributed by atoms with E-state index < -0.39 is 16.6 Å². The predicted molar refractivity (Wildman–Crippen MR) is 38.7 cm³/mol. The molecular weight excluding hydrogens is 151 g/mol. The Morgan fingerprint density at radius 3 is 2.40 bits per heavy atom. The van der Waals surface area contributed by atoms with Gasteiger partial charge in [0.1, 0.15) is 5.82 Å². The summed E-state index contributed by atoms with van der Waals surface area (Å²) in [5.74, 6) is -0.400. The van der Waals surface area contributed by atoms with Crippen LogP contribution >= 0.6 is 0 Å². The summed E-state index contributed by atoms with van der Waals surface area (Å²) < 4.78 is 23.4. The van der Waals surface area contributed by atoms with Gasteiger partial charge in [-0.05, 0) is 12.1 Å². The highest BCUT2D eigenvalue weighted by Crippen LogP contribution is 2.08. The Morgan fingerprint density at radius 1 is 1.40 bits per heavy atom. The molecule has 1 aromatic rings. The first-order valence-corrected chi connectivity index (χ1v) is 4.35. The van der Waals surface area contributed by atoms with E-state index in [-0.39, 0.29) is 4.90 Å². The number of benzene rings is 1. The van der Waals surface area contributed by atoms with E-state index in [1.54, 1.807) is 12.1 Å². The maximum absolute atomic E-state index is 12.6. The van der Waals surface area contributed by atoms with Crippen molar-refractivity contribution in [3.05, 3.63) is 30.1 Å². The van der Waals surface area contributed by atoms with Crippen molar-refractivity contribution >= 4 is 10.8 Å². The van der Waals surface area contributed by atoms with Gasteiger partial charge in [0.15, 0.2) is 0 Å². The van der Waals surface area contributed by atoms with Gasteiger partial charge in [-0.3, -0.25) is 4.21 Å². The largest absolute Gasteiger partial charge is 0.255 e. The summed E-state index contributed by atoms with van der Waals surface area (Å²) in [5, 5.41) is 0. The average molecular weight is 158 g/mol. The van der Waals surface area contributed by atoms with Crippen molar-refractivity contribution in [2.24, 2.45) is 0 Å². The zero-order valence-corrected chi connectivity index (χ0v) is 6.32. The molecule has 0 saturated heterocycles. The van der Waals surface area contributed by atoms with E-state index in [0.29, 0.717) is 0 Å². The monoisotopic (exact) mass is 158 g/mol. The fourth-order valence-electron chi connectivity index (χ4n) is 0.678. The van der Waals surface area contributed by atoms with E-state index in [2.05, 4.69) is 0 Å². The van der Waals surface area contributed by atoms with Crippen LogP contribution in [-0.2, 0) is 10.8 Å². The van der Waals surface area contributed by atoms with Gasteiger partial charge in [0.2, 0.25) is 0 Å². The third kappa shape index (κ3) is 1.42. The summed E-state index contributed by atoms with van der Waals surface area (Å²) in [6, 6.07) is 6.06. The van der Waals surface area contributed by atoms with Crippen LogP contribution in [-0.4, -0.2) is 10.5 Å². The number of rotatable bonds is 1. The van der Waals surface area contributed by atoms with Gasteiger partial charge in [0, 0.05) is 6.26 Å². The molecule has 10 heavy (non-hydrogen) atoms. The molecule has 0 spiro atoms. The van der Waals surface area contributed by atoms with Crippen molar-refractivity contribution in [2.45, 2.75) is 4.90 Å². The summed E-state index contributed by atoms with van der Waals surface area (Å²) in [6.07, 6.45) is 1.46. The smallest absolute Gasteiger partial charge is 0.139 e. The molecule has 1 rings (SSSR count). The van der Waals surface area contributed by atoms with Gasteiger partial charge in [-0.15, -0.1) is 0 Å². The van der Waals surface area contributed by atoms with Gasteiger partial charge in [0.25, 0.3) is 0 Å². The Labute approximate surface area is 61.3 Å². The maximum Gasteiger partial charge on any atom is 0.139 e. The molecule has 0 radical (unpaired) electrons. The number of hydrogen-bond donors (Lipinski definition) is 0. The third-order valence-electron chi connectivity index (χ3n) is 1.15. The lowest BCUT2D eigenvalue weighted by Gasteiger charge is -1.95. The van der Waals surface area contributed by atoms with Crippen LogP contribution in [0.2, 0.25) is 0 Å². The Bertz CT molecular complexity index is 260. The van der Waals surface area contributed by atoms with Crippen LogP contribution < -0.4 is 0 Å². The van der Waals surface area contributed by atoms with Crippen LogP contribution in [0.1, 0.15) is 0 Å². The van der Waals surface area contributed by atoms with Crippen LogP contribution in [0.15, 0.2) is 29.2 Å². The molecule has 0 unspecified atom stereocenters. The van der Waals surface area contributed by atoms with Crippen LogP contribution in [0, 0.1) is 5.82 Å². The van der Waals surface area contributed by atoms with Crippen LogP contribution in [0.3, 0.4) is 0 Å². The second kappa shape index (κ2) is 2.92. The summed E-state index contributed by atoms with van der Waals surface area (Å²) >= 11 is 0. The zero-order chi connectivity index (χ0) is 7.56. The van der Waals surface area contributed by atoms with Gasteiger partial charge >= 0.3 is 0 Å². The predicted octanol–water partition coefficient (Wildman–Crippen LogP) is 1.56. The van der Waals surface area contributed by atoms with Crippen LogP contribution in [0.4, 0.5) is 4.39 Å². The van der Waals surface area contributed by atoms with Crippen molar-refractivity contribution in [1.82, 2.24) is 0 Å². The normalized spacial score (nSPS) is 13.0. The highest BCUT2D eigenvalue weighted by atomic mass is 32.2. The molecule has 1 nitrogen and oxygen atoms in total. The summed E-state index contributed by atoms with van der Waals surface area (Å²) in [6.45, 7) is 0. The molecule has 54 valence electrons. The molecule has 0 aliphatic heterocycles. The van der Waals surface area contributed by atoms with Crippen molar-refractivity contribution in [1.29, 1.82) is 0 Å². The highest BCUT2D eigenvalue weighted by Gasteiger charge is 2.01. The molecule has 0 bridgehead atoms. The van der Waals surface area contributed by atoms with E-state index in [1.165, 1.54) is 18.4 Å². The summed E-state index contributed by atoms with van der Waals surface area (Å²) in [5.41, 5.74) is 0. The Morgan fingerprint density at radius 2 is 2.00 bits per heavy atom. The third-order valence-corrected chi connectivity index (χ3v) is 2.10. The second-order valence-electron chi connectivity index (χ2n) is 1.88. The van der Waals surface area contributed by atoms with Crippen LogP contribution in [0.25, 0.3) is 0 Å². The first-order chi connectivity index (χ1) is 4.72. The van der Waals surface area contributed by atoms with E-state index >= 15 is 0 Å². The maximum atomic E-state index is 12.6. The quantitative estimate of drug-likeness (QED) is 0.606. The molecule has 0 N–H and O–H groups in total. The Kier molecular flexibility index (Phi) is 2.17. The van der Waals surface area contributed by atoms with E-state index in [1.807, 2.05) is 0 Å². The molecule has 0 saturated carbocycles. The highest BCUT2D eigenvalue weighted by molar-refractivity contribution is 7.84. The van der Waals surface area contributed by atoms with Crippen molar-refractivity contribution < 1.29 is 8.60 Å². The van der Waals surface area contributed by atoms with Crippen molar-refractivity contribution in [3.63, 3.8) is 0 Å². The lowest BCUT2D eigenvalue weighted by molar-refractivity contribution is 0.596. The van der Waals surface area contributed by atoms with Crippen LogP contribution in [0.5, 0.6) is 0 Å². The van der Waals surface area contributed by atoms with Crippen molar-refractivity contribution in [2.75, 3.05) is 6.26 Å². The fourth-order valence-corrected chi connectivity index (χ4v) is 1.29. The lowest BCUT2D eigenvalue weighted by atomic mass is 10.4. The Balaban J connectivity index is 3.15. The topological polar surface area (TPSA) is 17.1 Å². The van der Waals surface area contributed by atoms with Gasteiger partial charge < -0.3 is 0 Å². The minimum atomic E-state index is -1.22. The molecule has 1 aromatic carbocycles. The van der Waals surface area contributed by atoms with Gasteiger partial charge in [-0.2, -0.15) is 0 Å². The molecular formula is C7H7FOS. The molecule has 0 amide bonds. The van der Waals surface area contributed by atoms with Gasteiger partial charge in [-0.25, -0.2) is 4.39 Å². The molecule has 3 heteroatoms. The number of hydrogen-bond acceptors (Lipinski definition) is 1. The zero-order valence-electron chi connectivity index (χ0n) is 5.50. The Hall–Kier alpha value is -0.700. The molecule has 1 atom stereocenters. The average Bonchev–Trinajstić information content (AvgIpc) is 1.88. The van der Waals surface area contributed by atoms with Crippen molar-refractivity contribution in [3.8, 4) is 0 Å². The molecule has 0 aliphatic carbocycles. The van der Waals surface area contributed by atoms with Gasteiger partial charge in [0.05, 0.1) is 15.7 Å². The first kappa shape index (κ1) is 7.41. The van der Waals surface area contributed by atoms with E-state index in [4.69, 9.17) is 0 Å². The molecule has 0 aromatic heterocycles. The van der Waals surface area contributed by atoms with E-state index in [0.717, 1.165) is 0 Å². The summed E-state index contributed by atoms with van der Waals surface area (Å²) in [7, 11) is -1.22. The SMILES string of the molecule is C[S@@](=O)c1ccccc1F. The standard InChI is InChI=1S/C7H7FOS/c1-10(9)7-5-3-2-4-6(7)8/h2-5H,1H3/t10-/m1/s1. The molecule has 0 heterocycles. The number of halogens is 1. The fraction of sp³-hybridized carbons (Fsp3) is 0.143. The first-order valence-electron chi connectivity index (χ1n) is 2.80. The minimum absolute atomic E-state index is 0.266. The lowest BCUT2D eigenvalue weighted by Crippen LogP contribution is -1.90. The minimum Gasteiger partial charge on any atom is -0.255 e.